The Balaban J connectivity index is 2.06. The number of piperidine rings is 1. The minimum Gasteiger partial charge on any atom is -0.339 e. The highest BCUT2D eigenvalue weighted by molar-refractivity contribution is 5.74. The van der Waals surface area contributed by atoms with Crippen LogP contribution in [0.1, 0.15) is 26.7 Å². The van der Waals surface area contributed by atoms with Gasteiger partial charge in [0.15, 0.2) is 0 Å². The molecule has 0 radical (unpaired) electrons. The van der Waals surface area contributed by atoms with Gasteiger partial charge >= 0.3 is 0 Å². The van der Waals surface area contributed by atoms with Crippen molar-refractivity contribution < 1.29 is 4.79 Å². The minimum absolute atomic E-state index is 0.268. The van der Waals surface area contributed by atoms with Crippen LogP contribution in [0.25, 0.3) is 0 Å². The zero-order valence-corrected chi connectivity index (χ0v) is 7.21. The van der Waals surface area contributed by atoms with Gasteiger partial charge in [-0.15, -0.1) is 0 Å². The lowest BCUT2D eigenvalue weighted by atomic mass is 10.1. The van der Waals surface area contributed by atoms with Crippen LogP contribution in [0.15, 0.2) is 0 Å². The Kier molecular flexibility index (Phi) is 1.44. The molecule has 3 atom stereocenters. The van der Waals surface area contributed by atoms with Crippen LogP contribution in [0.4, 0.5) is 0 Å². The molecule has 2 nitrogen and oxygen atoms in total. The zero-order valence-electron chi connectivity index (χ0n) is 7.21. The number of rotatable bonds is 1. The van der Waals surface area contributed by atoms with Crippen LogP contribution in [0.3, 0.4) is 0 Å². The van der Waals surface area contributed by atoms with Gasteiger partial charge in [-0.2, -0.15) is 0 Å². The predicted octanol–water partition coefficient (Wildman–Crippen LogP) is 1.26. The molecule has 0 aromatic carbocycles. The second-order valence-electron chi connectivity index (χ2n) is 3.81. The Morgan fingerprint density at radius 2 is 2.36 bits per heavy atom. The summed E-state index contributed by atoms with van der Waals surface area (Å²) in [6.07, 6.45) is 2.52. The van der Waals surface area contributed by atoms with Gasteiger partial charge in [0.05, 0.1) is 0 Å². The van der Waals surface area contributed by atoms with Crippen molar-refractivity contribution in [2.24, 2.45) is 11.8 Å². The lowest BCUT2D eigenvalue weighted by Gasteiger charge is -2.24. The number of carbonyl (C=O) groups is 1. The van der Waals surface area contributed by atoms with Crippen molar-refractivity contribution in [2.75, 3.05) is 6.54 Å². The highest BCUT2D eigenvalue weighted by atomic mass is 16.2. The standard InChI is InChI=1S/C9H15NO/c1-3-9-8-4-7(8)5-10(9)6(2)11/h7-9H,3-5H2,1-2H3/t7-,8-,9-/m1/s1. The number of amides is 1. The Labute approximate surface area is 67.6 Å². The van der Waals surface area contributed by atoms with E-state index in [0.29, 0.717) is 6.04 Å². The van der Waals surface area contributed by atoms with Crippen LogP contribution in [-0.2, 0) is 4.79 Å². The van der Waals surface area contributed by atoms with Gasteiger partial charge in [-0.1, -0.05) is 6.92 Å². The van der Waals surface area contributed by atoms with Crippen LogP contribution in [0.2, 0.25) is 0 Å². The van der Waals surface area contributed by atoms with Gasteiger partial charge in [-0.05, 0) is 24.7 Å². The molecule has 0 N–H and O–H groups in total. The quantitative estimate of drug-likeness (QED) is 0.555. The number of fused-ring (bicyclic) bond motifs is 1. The number of hydrogen-bond donors (Lipinski definition) is 0. The van der Waals surface area contributed by atoms with Gasteiger partial charge < -0.3 is 4.90 Å². The molecule has 11 heavy (non-hydrogen) atoms. The van der Waals surface area contributed by atoms with Gasteiger partial charge in [0, 0.05) is 19.5 Å². The Hall–Kier alpha value is -0.530. The van der Waals surface area contributed by atoms with Crippen LogP contribution in [0.5, 0.6) is 0 Å². The summed E-state index contributed by atoms with van der Waals surface area (Å²) in [6, 6.07) is 0.581. The first-order chi connectivity index (χ1) is 5.24. The third-order valence-corrected chi connectivity index (χ3v) is 3.13. The molecule has 2 fully saturated rings. The molecule has 1 aliphatic carbocycles. The third kappa shape index (κ3) is 0.959. The number of carbonyl (C=O) groups excluding carboxylic acids is 1. The summed E-state index contributed by atoms with van der Waals surface area (Å²) < 4.78 is 0. The molecule has 2 heteroatoms. The summed E-state index contributed by atoms with van der Waals surface area (Å²) in [5.41, 5.74) is 0. The van der Waals surface area contributed by atoms with E-state index < -0.39 is 0 Å². The SMILES string of the molecule is CC[C@@H]1[C@@H]2C[C@@H]2CN1C(C)=O. The second-order valence-corrected chi connectivity index (χ2v) is 3.81. The molecule has 2 rings (SSSR count). The van der Waals surface area contributed by atoms with E-state index in [1.54, 1.807) is 6.92 Å². The van der Waals surface area contributed by atoms with Crippen LogP contribution in [-0.4, -0.2) is 23.4 Å². The number of nitrogens with zero attached hydrogens (tertiary/aromatic N) is 1. The predicted molar refractivity (Wildman–Crippen MR) is 43.1 cm³/mol. The van der Waals surface area contributed by atoms with Crippen LogP contribution in [0, 0.1) is 11.8 Å². The number of likely N-dealkylation sites (tertiary alicyclic amines) is 1. The van der Waals surface area contributed by atoms with Gasteiger partial charge in [-0.3, -0.25) is 4.79 Å². The first-order valence-electron chi connectivity index (χ1n) is 4.51. The van der Waals surface area contributed by atoms with E-state index in [-0.39, 0.29) is 5.91 Å². The maximum atomic E-state index is 11.1. The van der Waals surface area contributed by atoms with Gasteiger partial charge in [-0.25, -0.2) is 0 Å². The van der Waals surface area contributed by atoms with E-state index in [2.05, 4.69) is 11.8 Å². The molecular weight excluding hydrogens is 138 g/mol. The first-order valence-corrected chi connectivity index (χ1v) is 4.51. The van der Waals surface area contributed by atoms with Crippen molar-refractivity contribution in [1.29, 1.82) is 0 Å². The third-order valence-electron chi connectivity index (χ3n) is 3.13. The van der Waals surface area contributed by atoms with Crippen molar-refractivity contribution in [3.8, 4) is 0 Å². The summed E-state index contributed by atoms with van der Waals surface area (Å²) in [5.74, 6) is 2.00. The van der Waals surface area contributed by atoms with E-state index in [1.165, 1.54) is 6.42 Å². The summed E-state index contributed by atoms with van der Waals surface area (Å²) in [5, 5.41) is 0. The largest absolute Gasteiger partial charge is 0.339 e. The molecule has 2 aliphatic rings. The maximum absolute atomic E-state index is 11.1. The Bertz CT molecular complexity index is 190. The van der Waals surface area contributed by atoms with Gasteiger partial charge in [0.1, 0.15) is 0 Å². The molecule has 0 aromatic heterocycles. The lowest BCUT2D eigenvalue weighted by Crippen LogP contribution is -2.36. The lowest BCUT2D eigenvalue weighted by molar-refractivity contribution is -0.130. The van der Waals surface area contributed by atoms with Crippen LogP contribution < -0.4 is 0 Å². The summed E-state index contributed by atoms with van der Waals surface area (Å²) in [6.45, 7) is 4.91. The van der Waals surface area contributed by atoms with E-state index >= 15 is 0 Å². The summed E-state index contributed by atoms with van der Waals surface area (Å²) >= 11 is 0. The van der Waals surface area contributed by atoms with Crippen LogP contribution >= 0.6 is 0 Å². The first kappa shape index (κ1) is 7.14. The van der Waals surface area contributed by atoms with E-state index in [1.807, 2.05) is 0 Å². The molecule has 1 heterocycles. The molecule has 62 valence electrons. The van der Waals surface area contributed by atoms with E-state index in [9.17, 15) is 4.79 Å². The molecule has 0 unspecified atom stereocenters. The fraction of sp³-hybridized carbons (Fsp3) is 0.889. The fourth-order valence-corrected chi connectivity index (χ4v) is 2.46. The zero-order chi connectivity index (χ0) is 8.01. The van der Waals surface area contributed by atoms with Crippen molar-refractivity contribution in [3.63, 3.8) is 0 Å². The average Bonchev–Trinajstić information content (AvgIpc) is 2.63. The van der Waals surface area contributed by atoms with E-state index in [4.69, 9.17) is 0 Å². The highest BCUT2D eigenvalue weighted by Gasteiger charge is 2.52. The molecule has 0 bridgehead atoms. The molecule has 1 saturated heterocycles. The Morgan fingerprint density at radius 1 is 1.64 bits per heavy atom. The monoisotopic (exact) mass is 153 g/mol. The maximum Gasteiger partial charge on any atom is 0.219 e. The molecular formula is C9H15NO. The smallest absolute Gasteiger partial charge is 0.219 e. The molecule has 1 amide bonds. The molecule has 1 aliphatic heterocycles. The normalized spacial score (nSPS) is 40.5. The summed E-state index contributed by atoms with van der Waals surface area (Å²) in [4.78, 5) is 13.2. The minimum atomic E-state index is 0.268. The topological polar surface area (TPSA) is 20.3 Å². The second kappa shape index (κ2) is 2.23. The average molecular weight is 153 g/mol. The molecule has 1 saturated carbocycles. The summed E-state index contributed by atoms with van der Waals surface area (Å²) in [7, 11) is 0. The van der Waals surface area contributed by atoms with Crippen molar-refractivity contribution in [1.82, 2.24) is 4.90 Å². The van der Waals surface area contributed by atoms with E-state index in [0.717, 1.165) is 24.8 Å². The van der Waals surface area contributed by atoms with Crippen molar-refractivity contribution in [2.45, 2.75) is 32.7 Å². The number of hydrogen-bond acceptors (Lipinski definition) is 1. The highest BCUT2D eigenvalue weighted by Crippen LogP contribution is 2.50. The van der Waals surface area contributed by atoms with Gasteiger partial charge in [0.25, 0.3) is 0 Å². The van der Waals surface area contributed by atoms with Gasteiger partial charge in [0.2, 0.25) is 5.91 Å². The molecule has 0 aromatic rings. The molecule has 0 spiro atoms. The van der Waals surface area contributed by atoms with Crippen molar-refractivity contribution >= 4 is 5.91 Å². The van der Waals surface area contributed by atoms with Crippen molar-refractivity contribution in [3.05, 3.63) is 0 Å². The Morgan fingerprint density at radius 3 is 2.82 bits per heavy atom. The fourth-order valence-electron chi connectivity index (χ4n) is 2.46.